The summed E-state index contributed by atoms with van der Waals surface area (Å²) in [6.07, 6.45) is 3.10. The molecule has 18 heavy (non-hydrogen) atoms. The molecule has 0 saturated carbocycles. The second kappa shape index (κ2) is 6.56. The molecule has 1 N–H and O–H groups in total. The molecule has 0 aromatic heterocycles. The third-order valence-corrected chi connectivity index (χ3v) is 3.49. The highest BCUT2D eigenvalue weighted by atomic mass is 32.2. The van der Waals surface area contributed by atoms with E-state index in [1.807, 2.05) is 50.3 Å². The van der Waals surface area contributed by atoms with Crippen LogP contribution >= 0.6 is 0 Å². The van der Waals surface area contributed by atoms with Crippen molar-refractivity contribution in [3.05, 3.63) is 47.7 Å². The lowest BCUT2D eigenvalue weighted by Gasteiger charge is -2.23. The molecule has 0 unspecified atom stereocenters. The van der Waals surface area contributed by atoms with E-state index in [0.29, 0.717) is 12.1 Å². The van der Waals surface area contributed by atoms with Gasteiger partial charge in [-0.25, -0.2) is 4.31 Å². The van der Waals surface area contributed by atoms with E-state index in [1.165, 1.54) is 0 Å². The van der Waals surface area contributed by atoms with Gasteiger partial charge in [-0.1, -0.05) is 50.3 Å². The van der Waals surface area contributed by atoms with Gasteiger partial charge < -0.3 is 0 Å². The summed E-state index contributed by atoms with van der Waals surface area (Å²) < 4.78 is 33.3. The van der Waals surface area contributed by atoms with Gasteiger partial charge in [0.15, 0.2) is 0 Å². The van der Waals surface area contributed by atoms with Gasteiger partial charge in [-0.05, 0) is 18.4 Å². The minimum Gasteiger partial charge on any atom is -0.269 e. The highest BCUT2D eigenvalue weighted by Crippen LogP contribution is 2.18. The Kier molecular flexibility index (Phi) is 5.37. The van der Waals surface area contributed by atoms with Gasteiger partial charge in [0.25, 0.3) is 0 Å². The Hall–Kier alpha value is -1.33. The van der Waals surface area contributed by atoms with Crippen LogP contribution in [0.5, 0.6) is 0 Å². The van der Waals surface area contributed by atoms with E-state index in [9.17, 15) is 13.0 Å². The molecule has 0 aliphatic heterocycles. The van der Waals surface area contributed by atoms with Gasteiger partial charge in [-0.2, -0.15) is 8.42 Å². The minimum atomic E-state index is -4.23. The van der Waals surface area contributed by atoms with Gasteiger partial charge in [-0.3, -0.25) is 4.55 Å². The van der Waals surface area contributed by atoms with Crippen LogP contribution in [0, 0.1) is 0 Å². The summed E-state index contributed by atoms with van der Waals surface area (Å²) in [5.41, 5.74) is 1.45. The maximum atomic E-state index is 11.5. The monoisotopic (exact) mass is 269 g/mol. The fraction of sp³-hybridized carbons (Fsp3) is 0.385. The van der Waals surface area contributed by atoms with Crippen molar-refractivity contribution in [3.63, 3.8) is 0 Å². The average Bonchev–Trinajstić information content (AvgIpc) is 2.33. The van der Waals surface area contributed by atoms with Crippen molar-refractivity contribution in [2.24, 2.45) is 0 Å². The number of hydrogen-bond acceptors (Lipinski definition) is 2. The number of nitrogens with zero attached hydrogens (tertiary/aromatic N) is 1. The Bertz CT molecular complexity index is 494. The lowest BCUT2D eigenvalue weighted by Crippen LogP contribution is -2.29. The number of benzene rings is 1. The molecule has 0 heterocycles. The summed E-state index contributed by atoms with van der Waals surface area (Å²) >= 11 is 0. The molecule has 0 fully saturated rings. The quantitative estimate of drug-likeness (QED) is 0.808. The Morgan fingerprint density at radius 1 is 1.28 bits per heavy atom. The summed E-state index contributed by atoms with van der Waals surface area (Å²) in [6, 6.07) is 9.21. The molecular formula is C13H19NO3S. The van der Waals surface area contributed by atoms with E-state index in [0.717, 1.165) is 16.3 Å². The third-order valence-electron chi connectivity index (χ3n) is 2.57. The summed E-state index contributed by atoms with van der Waals surface area (Å²) in [4.78, 5) is 0. The molecule has 0 aliphatic rings. The van der Waals surface area contributed by atoms with Crippen molar-refractivity contribution in [2.45, 2.75) is 33.2 Å². The summed E-state index contributed by atoms with van der Waals surface area (Å²) in [5, 5.41) is 0. The zero-order valence-corrected chi connectivity index (χ0v) is 11.5. The van der Waals surface area contributed by atoms with Crippen LogP contribution in [0.2, 0.25) is 0 Å². The first kappa shape index (κ1) is 14.7. The molecular weight excluding hydrogens is 250 g/mol. The molecule has 1 rings (SSSR count). The summed E-state index contributed by atoms with van der Waals surface area (Å²) in [5.74, 6) is 0. The van der Waals surface area contributed by atoms with Crippen LogP contribution in [0.1, 0.15) is 32.3 Å². The predicted octanol–water partition coefficient (Wildman–Crippen LogP) is 3.00. The molecule has 100 valence electrons. The lowest BCUT2D eigenvalue weighted by molar-refractivity contribution is 0.382. The SMILES string of the molecule is CCC=C(CC)N(Cc1ccccc1)S(=O)(=O)O. The van der Waals surface area contributed by atoms with Gasteiger partial charge in [-0.15, -0.1) is 0 Å². The molecule has 4 nitrogen and oxygen atoms in total. The van der Waals surface area contributed by atoms with E-state index < -0.39 is 10.3 Å². The molecule has 0 spiro atoms. The van der Waals surface area contributed by atoms with Crippen LogP contribution in [0.25, 0.3) is 0 Å². The first-order chi connectivity index (χ1) is 8.49. The van der Waals surface area contributed by atoms with E-state index in [-0.39, 0.29) is 6.54 Å². The topological polar surface area (TPSA) is 57.6 Å². The minimum absolute atomic E-state index is 0.152. The van der Waals surface area contributed by atoms with Crippen LogP contribution in [0.15, 0.2) is 42.1 Å². The Labute approximate surface area is 109 Å². The second-order valence-corrected chi connectivity index (χ2v) is 5.26. The zero-order chi connectivity index (χ0) is 13.6. The maximum absolute atomic E-state index is 11.5. The van der Waals surface area contributed by atoms with Gasteiger partial charge in [0.2, 0.25) is 0 Å². The fourth-order valence-corrected chi connectivity index (χ4v) is 2.55. The van der Waals surface area contributed by atoms with Crippen LogP contribution in [-0.2, 0) is 16.8 Å². The Morgan fingerprint density at radius 3 is 2.33 bits per heavy atom. The van der Waals surface area contributed by atoms with Gasteiger partial charge in [0.05, 0.1) is 6.54 Å². The smallest absolute Gasteiger partial charge is 0.269 e. The van der Waals surface area contributed by atoms with Crippen molar-refractivity contribution >= 4 is 10.3 Å². The molecule has 1 aromatic carbocycles. The molecule has 1 aromatic rings. The fourth-order valence-electron chi connectivity index (χ4n) is 1.74. The number of hydrogen-bond donors (Lipinski definition) is 1. The number of allylic oxidation sites excluding steroid dienone is 2. The van der Waals surface area contributed by atoms with Gasteiger partial charge in [0.1, 0.15) is 0 Å². The summed E-state index contributed by atoms with van der Waals surface area (Å²) in [7, 11) is -4.23. The van der Waals surface area contributed by atoms with E-state index in [2.05, 4.69) is 0 Å². The highest BCUT2D eigenvalue weighted by molar-refractivity contribution is 7.83. The molecule has 0 saturated heterocycles. The lowest BCUT2D eigenvalue weighted by atomic mass is 10.2. The molecule has 0 aliphatic carbocycles. The van der Waals surface area contributed by atoms with Crippen molar-refractivity contribution in [1.29, 1.82) is 0 Å². The van der Waals surface area contributed by atoms with Gasteiger partial charge >= 0.3 is 10.3 Å². The largest absolute Gasteiger partial charge is 0.360 e. The molecule has 0 amide bonds. The normalized spacial score (nSPS) is 12.5. The zero-order valence-electron chi connectivity index (χ0n) is 10.7. The van der Waals surface area contributed by atoms with Crippen molar-refractivity contribution in [1.82, 2.24) is 4.31 Å². The van der Waals surface area contributed by atoms with Crippen LogP contribution in [0.3, 0.4) is 0 Å². The standard InChI is InChI=1S/C13H19NO3S/c1-3-8-13(4-2)14(18(15,16)17)11-12-9-6-5-7-10-12/h5-10H,3-4,11H2,1-2H3,(H,15,16,17). The van der Waals surface area contributed by atoms with Gasteiger partial charge in [0, 0.05) is 5.70 Å². The maximum Gasteiger partial charge on any atom is 0.360 e. The Morgan fingerprint density at radius 2 is 1.89 bits per heavy atom. The van der Waals surface area contributed by atoms with E-state index in [1.54, 1.807) is 0 Å². The Balaban J connectivity index is 3.04. The third kappa shape index (κ3) is 4.16. The molecule has 5 heteroatoms. The average molecular weight is 269 g/mol. The highest BCUT2D eigenvalue weighted by Gasteiger charge is 2.20. The molecule has 0 radical (unpaired) electrons. The van der Waals surface area contributed by atoms with Crippen LogP contribution in [0.4, 0.5) is 0 Å². The predicted molar refractivity (Wildman–Crippen MR) is 72.2 cm³/mol. The molecule has 0 bridgehead atoms. The van der Waals surface area contributed by atoms with Crippen LogP contribution < -0.4 is 0 Å². The van der Waals surface area contributed by atoms with Crippen molar-refractivity contribution < 1.29 is 13.0 Å². The second-order valence-electron chi connectivity index (χ2n) is 3.93. The van der Waals surface area contributed by atoms with E-state index >= 15 is 0 Å². The van der Waals surface area contributed by atoms with Crippen molar-refractivity contribution in [3.8, 4) is 0 Å². The van der Waals surface area contributed by atoms with Crippen molar-refractivity contribution in [2.75, 3.05) is 0 Å². The molecule has 0 atom stereocenters. The summed E-state index contributed by atoms with van der Waals surface area (Å²) in [6.45, 7) is 3.95. The van der Waals surface area contributed by atoms with Crippen LogP contribution in [-0.4, -0.2) is 17.3 Å². The first-order valence-electron chi connectivity index (χ1n) is 5.97. The number of rotatable bonds is 6. The first-order valence-corrected chi connectivity index (χ1v) is 7.36. The van der Waals surface area contributed by atoms with E-state index in [4.69, 9.17) is 0 Å².